The van der Waals surface area contributed by atoms with Crippen LogP contribution in [0.4, 0.5) is 0 Å². The Morgan fingerprint density at radius 3 is 2.53 bits per heavy atom. The Bertz CT molecular complexity index is 1260. The molecule has 1 amide bonds. The Labute approximate surface area is 192 Å². The number of halogens is 1. The lowest BCUT2D eigenvalue weighted by Gasteiger charge is -2.26. The number of ketones is 1. The summed E-state index contributed by atoms with van der Waals surface area (Å²) in [4.78, 5) is 38.9. The van der Waals surface area contributed by atoms with E-state index in [0.717, 1.165) is 9.86 Å². The number of esters is 1. The Balaban J connectivity index is 1.76. The van der Waals surface area contributed by atoms with Crippen LogP contribution < -0.4 is 4.74 Å². The summed E-state index contributed by atoms with van der Waals surface area (Å²) in [6, 6.07) is 12.7. The number of hydrogen-bond acceptors (Lipinski definition) is 6. The summed E-state index contributed by atoms with van der Waals surface area (Å²) in [5.41, 5.74) is 1.09. The maximum Gasteiger partial charge on any atom is 0.308 e. The molecule has 32 heavy (non-hydrogen) atoms. The van der Waals surface area contributed by atoms with Crippen LogP contribution in [0, 0.1) is 0 Å². The van der Waals surface area contributed by atoms with Gasteiger partial charge in [0.25, 0.3) is 5.91 Å². The van der Waals surface area contributed by atoms with Gasteiger partial charge in [-0.3, -0.25) is 14.4 Å². The van der Waals surface area contributed by atoms with Crippen molar-refractivity contribution >= 4 is 44.6 Å². The van der Waals surface area contributed by atoms with E-state index in [1.807, 2.05) is 13.0 Å². The first kappa shape index (κ1) is 21.8. The number of carbonyl (C=O) groups is 3. The number of amides is 1. The first-order chi connectivity index (χ1) is 15.3. The summed E-state index contributed by atoms with van der Waals surface area (Å²) in [5, 5.41) is 11.4. The quantitative estimate of drug-likeness (QED) is 0.288. The van der Waals surface area contributed by atoms with Crippen LogP contribution in [-0.2, 0) is 9.59 Å². The topological polar surface area (TPSA) is 97.1 Å². The van der Waals surface area contributed by atoms with Crippen molar-refractivity contribution in [3.8, 4) is 5.75 Å². The van der Waals surface area contributed by atoms with Crippen molar-refractivity contribution in [1.82, 2.24) is 4.90 Å². The highest BCUT2D eigenvalue weighted by atomic mass is 79.9. The van der Waals surface area contributed by atoms with E-state index in [1.54, 1.807) is 42.5 Å². The monoisotopic (exact) mass is 497 g/mol. The molecular formula is C24H20BrNO6. The van der Waals surface area contributed by atoms with E-state index >= 15 is 0 Å². The number of benzene rings is 2. The molecule has 0 aliphatic carbocycles. The Kier molecular flexibility index (Phi) is 5.88. The highest BCUT2D eigenvalue weighted by Gasteiger charge is 2.44. The number of ether oxygens (including phenoxy) is 1. The maximum atomic E-state index is 13.4. The number of hydrogen-bond donors (Lipinski definition) is 1. The van der Waals surface area contributed by atoms with Crippen LogP contribution in [0.2, 0.25) is 0 Å². The number of furan rings is 1. The van der Waals surface area contributed by atoms with Crippen molar-refractivity contribution in [3.63, 3.8) is 0 Å². The van der Waals surface area contributed by atoms with Crippen LogP contribution in [0.1, 0.15) is 42.4 Å². The van der Waals surface area contributed by atoms with Crippen molar-refractivity contribution in [3.05, 3.63) is 75.7 Å². The van der Waals surface area contributed by atoms with Crippen molar-refractivity contribution in [2.75, 3.05) is 6.54 Å². The molecule has 7 nitrogen and oxygen atoms in total. The fraction of sp³-hybridized carbons (Fsp3) is 0.208. The van der Waals surface area contributed by atoms with Crippen molar-refractivity contribution in [1.29, 1.82) is 0 Å². The maximum absolute atomic E-state index is 13.4. The molecule has 1 aromatic heterocycles. The van der Waals surface area contributed by atoms with Gasteiger partial charge in [0.2, 0.25) is 5.78 Å². The minimum atomic E-state index is -0.790. The average molecular weight is 498 g/mol. The predicted molar refractivity (Wildman–Crippen MR) is 120 cm³/mol. The molecule has 1 aliphatic heterocycles. The van der Waals surface area contributed by atoms with Crippen LogP contribution in [0.5, 0.6) is 5.75 Å². The first-order valence-corrected chi connectivity index (χ1v) is 10.9. The zero-order valence-corrected chi connectivity index (χ0v) is 19.0. The molecule has 1 atom stereocenters. The molecule has 0 saturated heterocycles. The fourth-order valence-corrected chi connectivity index (χ4v) is 4.23. The molecule has 0 spiro atoms. The van der Waals surface area contributed by atoms with Crippen LogP contribution in [0.3, 0.4) is 0 Å². The molecule has 164 valence electrons. The van der Waals surface area contributed by atoms with Crippen LogP contribution in [0.15, 0.2) is 68.8 Å². The van der Waals surface area contributed by atoms with Gasteiger partial charge in [0.15, 0.2) is 11.5 Å². The third-order valence-corrected chi connectivity index (χ3v) is 5.67. The predicted octanol–water partition coefficient (Wildman–Crippen LogP) is 5.11. The molecule has 1 unspecified atom stereocenters. The van der Waals surface area contributed by atoms with E-state index in [1.165, 1.54) is 11.8 Å². The highest BCUT2D eigenvalue weighted by molar-refractivity contribution is 9.10. The fourth-order valence-electron chi connectivity index (χ4n) is 3.85. The lowest BCUT2D eigenvalue weighted by molar-refractivity contribution is -0.132. The van der Waals surface area contributed by atoms with Gasteiger partial charge in [-0.2, -0.15) is 0 Å². The second kappa shape index (κ2) is 8.63. The minimum absolute atomic E-state index is 0.0346. The molecule has 0 saturated carbocycles. The summed E-state index contributed by atoms with van der Waals surface area (Å²) in [7, 11) is 0. The largest absolute Gasteiger partial charge is 0.503 e. The molecular weight excluding hydrogens is 478 g/mol. The molecule has 1 N–H and O–H groups in total. The van der Waals surface area contributed by atoms with E-state index < -0.39 is 29.5 Å². The minimum Gasteiger partial charge on any atom is -0.503 e. The Morgan fingerprint density at radius 1 is 1.16 bits per heavy atom. The van der Waals surface area contributed by atoms with E-state index in [4.69, 9.17) is 9.15 Å². The van der Waals surface area contributed by atoms with E-state index in [-0.39, 0.29) is 11.3 Å². The number of carbonyl (C=O) groups excluding carboxylic acids is 3. The van der Waals surface area contributed by atoms with Gasteiger partial charge in [0.1, 0.15) is 11.3 Å². The Hall–Kier alpha value is -3.39. The molecule has 2 aromatic carbocycles. The number of Topliss-reactive ketones (excluding diaryl/α,β-unsaturated/α-hetero) is 1. The molecule has 0 fully saturated rings. The van der Waals surface area contributed by atoms with Crippen LogP contribution >= 0.6 is 15.9 Å². The van der Waals surface area contributed by atoms with Gasteiger partial charge in [0, 0.05) is 23.3 Å². The number of aliphatic hydroxyl groups excluding tert-OH is 1. The molecule has 4 rings (SSSR count). The smallest absolute Gasteiger partial charge is 0.308 e. The number of fused-ring (bicyclic) bond motifs is 1. The number of rotatable bonds is 6. The van der Waals surface area contributed by atoms with Crippen LogP contribution in [0.25, 0.3) is 11.0 Å². The zero-order chi connectivity index (χ0) is 23.0. The molecule has 1 aliphatic rings. The third kappa shape index (κ3) is 3.93. The van der Waals surface area contributed by atoms with E-state index in [0.29, 0.717) is 29.9 Å². The second-order valence-corrected chi connectivity index (χ2v) is 8.36. The van der Waals surface area contributed by atoms with E-state index in [9.17, 15) is 19.5 Å². The third-order valence-electron chi connectivity index (χ3n) is 5.17. The summed E-state index contributed by atoms with van der Waals surface area (Å²) in [6.07, 6.45) is 0.640. The van der Waals surface area contributed by atoms with Gasteiger partial charge >= 0.3 is 5.97 Å². The zero-order valence-electron chi connectivity index (χ0n) is 17.4. The van der Waals surface area contributed by atoms with Gasteiger partial charge in [-0.1, -0.05) is 35.0 Å². The first-order valence-electron chi connectivity index (χ1n) is 10.1. The van der Waals surface area contributed by atoms with Gasteiger partial charge in [-0.15, -0.1) is 0 Å². The SMILES string of the molecule is CCCN1C(=O)C(O)=C(C(=O)c2cc3cc(Br)ccc3o2)C1c1ccc(OC(C)=O)cc1. The Morgan fingerprint density at radius 2 is 1.88 bits per heavy atom. The van der Waals surface area contributed by atoms with Crippen molar-refractivity contribution in [2.45, 2.75) is 26.3 Å². The van der Waals surface area contributed by atoms with Gasteiger partial charge in [-0.25, -0.2) is 0 Å². The molecule has 2 heterocycles. The lowest BCUT2D eigenvalue weighted by atomic mass is 9.95. The summed E-state index contributed by atoms with van der Waals surface area (Å²) >= 11 is 3.39. The number of nitrogens with zero attached hydrogens (tertiary/aromatic N) is 1. The standard InChI is InChI=1S/C24H20BrNO6/c1-3-10-26-21(14-4-7-17(8-5-14)31-13(2)27)20(23(29)24(26)30)22(28)19-12-15-11-16(25)6-9-18(15)32-19/h4-9,11-12,21,29H,3,10H2,1-2H3. The van der Waals surface area contributed by atoms with Gasteiger partial charge in [0.05, 0.1) is 11.6 Å². The van der Waals surface area contributed by atoms with Gasteiger partial charge < -0.3 is 19.2 Å². The molecule has 3 aromatic rings. The van der Waals surface area contributed by atoms with Crippen LogP contribution in [-0.4, -0.2) is 34.2 Å². The van der Waals surface area contributed by atoms with Gasteiger partial charge in [-0.05, 0) is 48.4 Å². The average Bonchev–Trinajstić information content (AvgIpc) is 3.28. The highest BCUT2D eigenvalue weighted by Crippen LogP contribution is 2.40. The van der Waals surface area contributed by atoms with Crippen molar-refractivity contribution < 1.29 is 28.6 Å². The molecule has 0 radical (unpaired) electrons. The number of aliphatic hydroxyl groups is 1. The van der Waals surface area contributed by atoms with E-state index in [2.05, 4.69) is 15.9 Å². The summed E-state index contributed by atoms with van der Waals surface area (Å²) < 4.78 is 11.6. The molecule has 8 heteroatoms. The van der Waals surface area contributed by atoms with Crippen molar-refractivity contribution in [2.24, 2.45) is 0 Å². The second-order valence-electron chi connectivity index (χ2n) is 7.45. The normalized spacial score (nSPS) is 16.2. The molecule has 0 bridgehead atoms. The summed E-state index contributed by atoms with van der Waals surface area (Å²) in [6.45, 7) is 3.56. The lowest BCUT2D eigenvalue weighted by Crippen LogP contribution is -2.31. The summed E-state index contributed by atoms with van der Waals surface area (Å²) in [5.74, 6) is -1.83.